The van der Waals surface area contributed by atoms with Crippen molar-refractivity contribution in [1.29, 1.82) is 0 Å². The minimum atomic E-state index is -0.00227. The van der Waals surface area contributed by atoms with Crippen LogP contribution in [0.1, 0.15) is 11.1 Å². The molecule has 0 amide bonds. The van der Waals surface area contributed by atoms with E-state index in [1.165, 1.54) is 26.6 Å². The molecule has 0 aromatic heterocycles. The second-order valence-corrected chi connectivity index (χ2v) is 6.36. The van der Waals surface area contributed by atoms with E-state index in [1.54, 1.807) is 54.6 Å². The second-order valence-electron chi connectivity index (χ2n) is 5.95. The van der Waals surface area contributed by atoms with E-state index in [0.717, 1.165) is 0 Å². The van der Waals surface area contributed by atoms with Crippen LogP contribution >= 0.6 is 11.6 Å². The minimum Gasteiger partial charge on any atom is -0.504 e. The Hall–Kier alpha value is -3.51. The number of phenolic OH excluding ortho intramolecular Hbond substituents is 2. The number of hydrogen-bond acceptors (Lipinski definition) is 6. The van der Waals surface area contributed by atoms with Gasteiger partial charge in [-0.1, -0.05) is 23.7 Å². The highest BCUT2D eigenvalue weighted by Gasteiger charge is 2.07. The van der Waals surface area contributed by atoms with Crippen LogP contribution in [0.15, 0.2) is 64.6 Å². The van der Waals surface area contributed by atoms with Crippen LogP contribution in [0.2, 0.25) is 5.02 Å². The van der Waals surface area contributed by atoms with Gasteiger partial charge in [-0.2, -0.15) is 0 Å². The fourth-order valence-electron chi connectivity index (χ4n) is 2.58. The van der Waals surface area contributed by atoms with Gasteiger partial charge in [-0.3, -0.25) is 9.98 Å². The summed E-state index contributed by atoms with van der Waals surface area (Å²) in [5, 5.41) is 20.7. The summed E-state index contributed by atoms with van der Waals surface area (Å²) >= 11 is 6.23. The van der Waals surface area contributed by atoms with Crippen molar-refractivity contribution in [2.24, 2.45) is 9.98 Å². The van der Waals surface area contributed by atoms with Crippen LogP contribution < -0.4 is 9.47 Å². The number of aromatic hydroxyl groups is 2. The molecule has 0 aliphatic carbocycles. The number of hydrogen-bond donors (Lipinski definition) is 2. The van der Waals surface area contributed by atoms with Crippen LogP contribution in [-0.2, 0) is 0 Å². The molecule has 0 radical (unpaired) electrons. The second kappa shape index (κ2) is 9.12. The molecule has 0 bridgehead atoms. The van der Waals surface area contributed by atoms with Crippen molar-refractivity contribution in [2.75, 3.05) is 14.2 Å². The average molecular weight is 411 g/mol. The number of para-hydroxylation sites is 2. The van der Waals surface area contributed by atoms with Gasteiger partial charge in [0.15, 0.2) is 23.0 Å². The first-order valence-corrected chi connectivity index (χ1v) is 9.01. The van der Waals surface area contributed by atoms with Gasteiger partial charge in [0.2, 0.25) is 0 Å². The highest BCUT2D eigenvalue weighted by molar-refractivity contribution is 6.33. The van der Waals surface area contributed by atoms with Gasteiger partial charge in [0.05, 0.1) is 30.6 Å². The number of phenols is 2. The fourth-order valence-corrected chi connectivity index (χ4v) is 2.75. The molecule has 6 nitrogen and oxygen atoms in total. The number of rotatable bonds is 6. The van der Waals surface area contributed by atoms with Gasteiger partial charge in [-0.05, 0) is 42.5 Å². The third-order valence-electron chi connectivity index (χ3n) is 4.13. The van der Waals surface area contributed by atoms with E-state index < -0.39 is 0 Å². The Morgan fingerprint density at radius 2 is 1.34 bits per heavy atom. The highest BCUT2D eigenvalue weighted by atomic mass is 35.5. The fraction of sp³-hybridized carbons (Fsp3) is 0.0909. The number of methoxy groups -OCH3 is 2. The summed E-state index contributed by atoms with van der Waals surface area (Å²) in [7, 11) is 2.97. The maximum atomic E-state index is 10.2. The Morgan fingerprint density at radius 3 is 1.90 bits per heavy atom. The summed E-state index contributed by atoms with van der Waals surface area (Å²) in [6, 6.07) is 15.4. The van der Waals surface area contributed by atoms with Crippen LogP contribution in [0, 0.1) is 0 Å². The van der Waals surface area contributed by atoms with Crippen molar-refractivity contribution < 1.29 is 19.7 Å². The normalized spacial score (nSPS) is 11.3. The number of aliphatic imine (C=N–C) groups is 2. The lowest BCUT2D eigenvalue weighted by Gasteiger charge is -2.06. The molecule has 3 aromatic rings. The first kappa shape index (κ1) is 20.2. The number of benzene rings is 3. The molecule has 0 spiro atoms. The van der Waals surface area contributed by atoms with Crippen molar-refractivity contribution >= 4 is 35.4 Å². The average Bonchev–Trinajstić information content (AvgIpc) is 2.74. The molecule has 0 saturated carbocycles. The summed E-state index contributed by atoms with van der Waals surface area (Å²) < 4.78 is 10.2. The Balaban J connectivity index is 1.87. The topological polar surface area (TPSA) is 83.6 Å². The molecule has 0 atom stereocenters. The van der Waals surface area contributed by atoms with Crippen LogP contribution in [-0.4, -0.2) is 36.9 Å². The van der Waals surface area contributed by atoms with Crippen LogP contribution in [0.5, 0.6) is 23.0 Å². The van der Waals surface area contributed by atoms with Gasteiger partial charge < -0.3 is 19.7 Å². The molecule has 0 heterocycles. The van der Waals surface area contributed by atoms with Gasteiger partial charge >= 0.3 is 0 Å². The van der Waals surface area contributed by atoms with Gasteiger partial charge in [0.1, 0.15) is 0 Å². The van der Waals surface area contributed by atoms with E-state index in [4.69, 9.17) is 21.1 Å². The summed E-state index contributed by atoms with van der Waals surface area (Å²) in [4.78, 5) is 8.73. The van der Waals surface area contributed by atoms with E-state index in [0.29, 0.717) is 39.0 Å². The maximum Gasteiger partial charge on any atom is 0.166 e. The number of nitrogens with zero attached hydrogens (tertiary/aromatic N) is 2. The molecular weight excluding hydrogens is 392 g/mol. The van der Waals surface area contributed by atoms with Crippen LogP contribution in [0.25, 0.3) is 0 Å². The zero-order chi connectivity index (χ0) is 20.8. The third kappa shape index (κ3) is 4.67. The Bertz CT molecular complexity index is 1080. The SMILES string of the molecule is COc1cccc(C=Nc2ccc(Cl)c(N=Cc3cccc(OC)c3O)c2)c1O. The molecule has 148 valence electrons. The number of ether oxygens (including phenoxy) is 2. The molecule has 3 aromatic carbocycles. The predicted molar refractivity (Wildman–Crippen MR) is 115 cm³/mol. The standard InChI is InChI=1S/C22H19ClN2O4/c1-28-19-7-3-5-14(21(19)26)12-24-16-9-10-17(23)18(11-16)25-13-15-6-4-8-20(29-2)22(15)27/h3-13,26-27H,1-2H3. The zero-order valence-corrected chi connectivity index (χ0v) is 16.6. The van der Waals surface area contributed by atoms with Crippen molar-refractivity contribution in [2.45, 2.75) is 0 Å². The van der Waals surface area contributed by atoms with E-state index in [9.17, 15) is 10.2 Å². The lowest BCUT2D eigenvalue weighted by Crippen LogP contribution is -1.88. The highest BCUT2D eigenvalue weighted by Crippen LogP contribution is 2.32. The lowest BCUT2D eigenvalue weighted by atomic mass is 10.2. The van der Waals surface area contributed by atoms with E-state index in [1.807, 2.05) is 0 Å². The molecule has 7 heteroatoms. The Morgan fingerprint density at radius 1 is 0.793 bits per heavy atom. The lowest BCUT2D eigenvalue weighted by molar-refractivity contribution is 0.373. The minimum absolute atomic E-state index is 0.00227. The number of halogens is 1. The van der Waals surface area contributed by atoms with Crippen LogP contribution in [0.4, 0.5) is 11.4 Å². The molecular formula is C22H19ClN2O4. The first-order valence-electron chi connectivity index (χ1n) is 8.63. The van der Waals surface area contributed by atoms with E-state index in [-0.39, 0.29) is 11.5 Å². The Kier molecular flexibility index (Phi) is 6.36. The van der Waals surface area contributed by atoms with Crippen molar-refractivity contribution in [3.05, 3.63) is 70.7 Å². The maximum absolute atomic E-state index is 10.2. The zero-order valence-electron chi connectivity index (χ0n) is 15.8. The predicted octanol–water partition coefficient (Wildman–Crippen LogP) is 5.27. The molecule has 0 fully saturated rings. The molecule has 0 unspecified atom stereocenters. The molecule has 0 aliphatic heterocycles. The summed E-state index contributed by atoms with van der Waals surface area (Å²) in [5.74, 6) is 0.738. The quantitative estimate of drug-likeness (QED) is 0.542. The summed E-state index contributed by atoms with van der Waals surface area (Å²) in [6.45, 7) is 0. The molecule has 29 heavy (non-hydrogen) atoms. The third-order valence-corrected chi connectivity index (χ3v) is 4.45. The Labute approximate surface area is 173 Å². The van der Waals surface area contributed by atoms with Gasteiger partial charge in [-0.25, -0.2) is 0 Å². The smallest absolute Gasteiger partial charge is 0.166 e. The van der Waals surface area contributed by atoms with Crippen molar-refractivity contribution in [3.63, 3.8) is 0 Å². The molecule has 0 aliphatic rings. The van der Waals surface area contributed by atoms with Gasteiger partial charge in [0.25, 0.3) is 0 Å². The van der Waals surface area contributed by atoms with Crippen LogP contribution in [0.3, 0.4) is 0 Å². The van der Waals surface area contributed by atoms with E-state index >= 15 is 0 Å². The van der Waals surface area contributed by atoms with Gasteiger partial charge in [-0.15, -0.1) is 0 Å². The van der Waals surface area contributed by atoms with Gasteiger partial charge in [0, 0.05) is 23.6 Å². The molecule has 3 rings (SSSR count). The van der Waals surface area contributed by atoms with Crippen molar-refractivity contribution in [3.8, 4) is 23.0 Å². The first-order chi connectivity index (χ1) is 14.0. The largest absolute Gasteiger partial charge is 0.504 e. The summed E-state index contributed by atoms with van der Waals surface area (Å²) in [5.41, 5.74) is 2.10. The van der Waals surface area contributed by atoms with E-state index in [2.05, 4.69) is 9.98 Å². The summed E-state index contributed by atoms with van der Waals surface area (Å²) in [6.07, 6.45) is 3.03. The monoisotopic (exact) mass is 410 g/mol. The van der Waals surface area contributed by atoms with Crippen molar-refractivity contribution in [1.82, 2.24) is 0 Å². The molecule has 0 saturated heterocycles. The molecule has 2 N–H and O–H groups in total.